The van der Waals surface area contributed by atoms with Crippen molar-refractivity contribution in [3.05, 3.63) is 53.1 Å². The van der Waals surface area contributed by atoms with Crippen molar-refractivity contribution in [3.63, 3.8) is 0 Å². The molecule has 0 fully saturated rings. The number of amides is 2. The zero-order valence-corrected chi connectivity index (χ0v) is 14.6. The maximum absolute atomic E-state index is 12.0. The van der Waals surface area contributed by atoms with E-state index in [2.05, 4.69) is 10.6 Å². The minimum atomic E-state index is -0.222. The van der Waals surface area contributed by atoms with E-state index in [1.54, 1.807) is 14.2 Å². The van der Waals surface area contributed by atoms with Crippen LogP contribution in [0.25, 0.3) is 0 Å². The van der Waals surface area contributed by atoms with Crippen LogP contribution in [0.1, 0.15) is 16.7 Å². The third-order valence-electron chi connectivity index (χ3n) is 3.93. The third kappa shape index (κ3) is 4.41. The van der Waals surface area contributed by atoms with E-state index in [1.165, 1.54) is 5.56 Å². The SMILES string of the molecule is COc1cccc(CCNC(=O)Nc2ccc(C)c(C)c2)c1OC. The molecule has 2 rings (SSSR count). The Hall–Kier alpha value is -2.69. The summed E-state index contributed by atoms with van der Waals surface area (Å²) in [6.45, 7) is 4.56. The van der Waals surface area contributed by atoms with Gasteiger partial charge in [-0.2, -0.15) is 0 Å². The molecular formula is C19H24N2O3. The molecule has 128 valence electrons. The van der Waals surface area contributed by atoms with Crippen LogP contribution in [0.5, 0.6) is 11.5 Å². The number of ether oxygens (including phenoxy) is 2. The van der Waals surface area contributed by atoms with Crippen molar-refractivity contribution in [1.82, 2.24) is 5.32 Å². The lowest BCUT2D eigenvalue weighted by atomic mass is 10.1. The fourth-order valence-electron chi connectivity index (χ4n) is 2.46. The molecule has 0 saturated heterocycles. The maximum atomic E-state index is 12.0. The molecule has 0 unspecified atom stereocenters. The Morgan fingerprint density at radius 1 is 1.04 bits per heavy atom. The fourth-order valence-corrected chi connectivity index (χ4v) is 2.46. The van der Waals surface area contributed by atoms with Crippen molar-refractivity contribution >= 4 is 11.7 Å². The molecule has 0 aromatic heterocycles. The molecule has 2 N–H and O–H groups in total. The largest absolute Gasteiger partial charge is 0.493 e. The average Bonchev–Trinajstić information content (AvgIpc) is 2.57. The normalized spacial score (nSPS) is 10.2. The first-order valence-electron chi connectivity index (χ1n) is 7.87. The second kappa shape index (κ2) is 8.24. The lowest BCUT2D eigenvalue weighted by molar-refractivity contribution is 0.252. The minimum Gasteiger partial charge on any atom is -0.493 e. The molecule has 2 aromatic rings. The summed E-state index contributed by atoms with van der Waals surface area (Å²) < 4.78 is 10.7. The lowest BCUT2D eigenvalue weighted by Crippen LogP contribution is -2.30. The van der Waals surface area contributed by atoms with Crippen LogP contribution in [0.2, 0.25) is 0 Å². The summed E-state index contributed by atoms with van der Waals surface area (Å²) in [4.78, 5) is 12.0. The van der Waals surface area contributed by atoms with Crippen molar-refractivity contribution in [2.24, 2.45) is 0 Å². The topological polar surface area (TPSA) is 59.6 Å². The quantitative estimate of drug-likeness (QED) is 0.850. The molecule has 0 bridgehead atoms. The molecule has 2 amide bonds. The number of hydrogen-bond donors (Lipinski definition) is 2. The van der Waals surface area contributed by atoms with Crippen LogP contribution in [-0.2, 0) is 6.42 Å². The number of carbonyl (C=O) groups is 1. The van der Waals surface area contributed by atoms with E-state index in [0.717, 1.165) is 16.8 Å². The number of carbonyl (C=O) groups excluding carboxylic acids is 1. The zero-order valence-electron chi connectivity index (χ0n) is 14.6. The summed E-state index contributed by atoms with van der Waals surface area (Å²) in [6.07, 6.45) is 0.653. The van der Waals surface area contributed by atoms with Crippen LogP contribution in [0, 0.1) is 13.8 Å². The van der Waals surface area contributed by atoms with E-state index in [-0.39, 0.29) is 6.03 Å². The van der Waals surface area contributed by atoms with Gasteiger partial charge < -0.3 is 20.1 Å². The Bertz CT molecular complexity index is 714. The number of para-hydroxylation sites is 1. The molecule has 5 heteroatoms. The Morgan fingerprint density at radius 3 is 2.50 bits per heavy atom. The van der Waals surface area contributed by atoms with E-state index >= 15 is 0 Å². The first kappa shape index (κ1) is 17.7. The third-order valence-corrected chi connectivity index (χ3v) is 3.93. The van der Waals surface area contributed by atoms with Gasteiger partial charge in [0.1, 0.15) is 0 Å². The molecule has 0 atom stereocenters. The summed E-state index contributed by atoms with van der Waals surface area (Å²) >= 11 is 0. The van der Waals surface area contributed by atoms with Gasteiger partial charge in [0.25, 0.3) is 0 Å². The minimum absolute atomic E-state index is 0.222. The van der Waals surface area contributed by atoms with Crippen LogP contribution < -0.4 is 20.1 Å². The monoisotopic (exact) mass is 328 g/mol. The van der Waals surface area contributed by atoms with Crippen molar-refractivity contribution in [3.8, 4) is 11.5 Å². The Kier molecular flexibility index (Phi) is 6.07. The van der Waals surface area contributed by atoms with Gasteiger partial charge in [0.2, 0.25) is 0 Å². The summed E-state index contributed by atoms with van der Waals surface area (Å²) in [5, 5.41) is 5.70. The predicted octanol–water partition coefficient (Wildman–Crippen LogP) is 3.68. The Labute approximate surface area is 143 Å². The van der Waals surface area contributed by atoms with E-state index in [4.69, 9.17) is 9.47 Å². The van der Waals surface area contributed by atoms with E-state index in [9.17, 15) is 4.79 Å². The van der Waals surface area contributed by atoms with Gasteiger partial charge in [-0.05, 0) is 55.2 Å². The average molecular weight is 328 g/mol. The Morgan fingerprint density at radius 2 is 1.83 bits per heavy atom. The summed E-state index contributed by atoms with van der Waals surface area (Å²) in [7, 11) is 3.22. The second-order valence-corrected chi connectivity index (χ2v) is 5.58. The van der Waals surface area contributed by atoms with Crippen molar-refractivity contribution < 1.29 is 14.3 Å². The number of anilines is 1. The van der Waals surface area contributed by atoms with Crippen molar-refractivity contribution in [2.45, 2.75) is 20.3 Å². The van der Waals surface area contributed by atoms with E-state index in [0.29, 0.717) is 24.5 Å². The van der Waals surface area contributed by atoms with E-state index < -0.39 is 0 Å². The number of hydrogen-bond acceptors (Lipinski definition) is 3. The number of benzene rings is 2. The molecule has 0 saturated carbocycles. The number of urea groups is 1. The highest BCUT2D eigenvalue weighted by atomic mass is 16.5. The molecule has 5 nitrogen and oxygen atoms in total. The highest BCUT2D eigenvalue weighted by molar-refractivity contribution is 5.89. The standard InChI is InChI=1S/C19H24N2O3/c1-13-8-9-16(12-14(13)2)21-19(22)20-11-10-15-6-5-7-17(23-3)18(15)24-4/h5-9,12H,10-11H2,1-4H3,(H2,20,21,22). The molecule has 2 aromatic carbocycles. The van der Waals surface area contributed by atoms with Gasteiger partial charge in [-0.15, -0.1) is 0 Å². The van der Waals surface area contributed by atoms with Crippen molar-refractivity contribution in [2.75, 3.05) is 26.1 Å². The van der Waals surface area contributed by atoms with Crippen LogP contribution in [0.4, 0.5) is 10.5 Å². The van der Waals surface area contributed by atoms with Gasteiger partial charge in [0, 0.05) is 12.2 Å². The lowest BCUT2D eigenvalue weighted by Gasteiger charge is -2.13. The highest BCUT2D eigenvalue weighted by Crippen LogP contribution is 2.30. The molecule has 0 heterocycles. The smallest absolute Gasteiger partial charge is 0.319 e. The maximum Gasteiger partial charge on any atom is 0.319 e. The summed E-state index contributed by atoms with van der Waals surface area (Å²) in [5.74, 6) is 1.39. The van der Waals surface area contributed by atoms with Gasteiger partial charge in [-0.25, -0.2) is 4.79 Å². The molecule has 0 spiro atoms. The fraction of sp³-hybridized carbons (Fsp3) is 0.316. The first-order valence-corrected chi connectivity index (χ1v) is 7.87. The van der Waals surface area contributed by atoms with Crippen LogP contribution in [-0.4, -0.2) is 26.8 Å². The Balaban J connectivity index is 1.90. The number of methoxy groups -OCH3 is 2. The van der Waals surface area contributed by atoms with E-state index in [1.807, 2.05) is 50.2 Å². The highest BCUT2D eigenvalue weighted by Gasteiger charge is 2.09. The molecule has 0 aliphatic heterocycles. The summed E-state index contributed by atoms with van der Waals surface area (Å²) in [6, 6.07) is 11.3. The number of nitrogens with one attached hydrogen (secondary N) is 2. The number of aryl methyl sites for hydroxylation is 2. The van der Waals surface area contributed by atoms with Crippen LogP contribution in [0.15, 0.2) is 36.4 Å². The molecule has 0 radical (unpaired) electrons. The zero-order chi connectivity index (χ0) is 17.5. The second-order valence-electron chi connectivity index (χ2n) is 5.58. The van der Waals surface area contributed by atoms with Gasteiger partial charge >= 0.3 is 6.03 Å². The van der Waals surface area contributed by atoms with Gasteiger partial charge in [-0.3, -0.25) is 0 Å². The van der Waals surface area contributed by atoms with Gasteiger partial charge in [-0.1, -0.05) is 18.2 Å². The summed E-state index contributed by atoms with van der Waals surface area (Å²) in [5.41, 5.74) is 4.12. The molecular weight excluding hydrogens is 304 g/mol. The van der Waals surface area contributed by atoms with Crippen LogP contribution >= 0.6 is 0 Å². The van der Waals surface area contributed by atoms with Gasteiger partial charge in [0.05, 0.1) is 14.2 Å². The molecule has 0 aliphatic rings. The first-order chi connectivity index (χ1) is 11.5. The van der Waals surface area contributed by atoms with Gasteiger partial charge in [0.15, 0.2) is 11.5 Å². The molecule has 0 aliphatic carbocycles. The van der Waals surface area contributed by atoms with Crippen LogP contribution in [0.3, 0.4) is 0 Å². The predicted molar refractivity (Wildman–Crippen MR) is 96.2 cm³/mol. The number of rotatable bonds is 6. The molecule has 24 heavy (non-hydrogen) atoms. The van der Waals surface area contributed by atoms with Crippen molar-refractivity contribution in [1.29, 1.82) is 0 Å².